The third kappa shape index (κ3) is 5.39. The quantitative estimate of drug-likeness (QED) is 0.712. The number of aromatic nitrogens is 1. The minimum Gasteiger partial charge on any atom is -0.333 e. The van der Waals surface area contributed by atoms with Crippen LogP contribution in [-0.2, 0) is 13.0 Å². The Labute approximate surface area is 152 Å². The molecule has 0 bridgehead atoms. The maximum Gasteiger partial charge on any atom is 0.319 e. The molecular formula is C19H25N3O2S. The van der Waals surface area contributed by atoms with Gasteiger partial charge in [-0.1, -0.05) is 20.3 Å². The zero-order chi connectivity index (χ0) is 18.4. The molecule has 1 atom stereocenters. The van der Waals surface area contributed by atoms with Gasteiger partial charge in [-0.2, -0.15) is 0 Å². The number of nitrogens with one attached hydrogen (secondary N) is 2. The summed E-state index contributed by atoms with van der Waals surface area (Å²) < 4.78 is 0. The number of thiophene rings is 1. The lowest BCUT2D eigenvalue weighted by Crippen LogP contribution is -2.28. The highest BCUT2D eigenvalue weighted by Gasteiger charge is 2.17. The minimum atomic E-state index is -0.280. The van der Waals surface area contributed by atoms with Crippen molar-refractivity contribution in [2.24, 2.45) is 5.92 Å². The third-order valence-electron chi connectivity index (χ3n) is 4.19. The molecule has 5 nitrogen and oxygen atoms in total. The predicted molar refractivity (Wildman–Crippen MR) is 102 cm³/mol. The molecule has 0 fully saturated rings. The van der Waals surface area contributed by atoms with Crippen molar-refractivity contribution in [1.82, 2.24) is 10.3 Å². The second-order valence-corrected chi connectivity index (χ2v) is 7.28. The number of ketones is 1. The normalized spacial score (nSPS) is 11.8. The molecule has 0 aliphatic rings. The van der Waals surface area contributed by atoms with Crippen molar-refractivity contribution in [3.8, 4) is 0 Å². The first-order valence-electron chi connectivity index (χ1n) is 8.48. The summed E-state index contributed by atoms with van der Waals surface area (Å²) in [6, 6.07) is 3.38. The van der Waals surface area contributed by atoms with Crippen LogP contribution in [0.2, 0.25) is 0 Å². The Hall–Kier alpha value is -2.21. The molecule has 0 spiro atoms. The molecule has 6 heteroatoms. The Morgan fingerprint density at radius 1 is 1.32 bits per heavy atom. The van der Waals surface area contributed by atoms with E-state index >= 15 is 0 Å². The fourth-order valence-corrected chi connectivity index (χ4v) is 3.52. The number of aryl methyl sites for hydroxylation is 1. The zero-order valence-corrected chi connectivity index (χ0v) is 16.0. The Morgan fingerprint density at radius 2 is 2.08 bits per heavy atom. The van der Waals surface area contributed by atoms with E-state index in [1.54, 1.807) is 13.1 Å². The second kappa shape index (κ2) is 8.76. The molecule has 2 amide bonds. The SMILES string of the molecule is CCC(C)Cc1c(C(C)=O)csc1CNC(=O)Nc1ccc(C)nc1. The molecule has 2 heterocycles. The van der Waals surface area contributed by atoms with Gasteiger partial charge in [0, 0.05) is 21.5 Å². The van der Waals surface area contributed by atoms with Crippen LogP contribution >= 0.6 is 11.3 Å². The first kappa shape index (κ1) is 19.1. The average Bonchev–Trinajstić information content (AvgIpc) is 2.97. The maximum absolute atomic E-state index is 12.1. The van der Waals surface area contributed by atoms with E-state index in [1.807, 2.05) is 24.4 Å². The smallest absolute Gasteiger partial charge is 0.319 e. The van der Waals surface area contributed by atoms with Gasteiger partial charge in [0.1, 0.15) is 0 Å². The van der Waals surface area contributed by atoms with E-state index in [0.29, 0.717) is 18.2 Å². The van der Waals surface area contributed by atoms with Gasteiger partial charge in [0.15, 0.2) is 5.78 Å². The molecule has 2 aromatic rings. The molecule has 0 aromatic carbocycles. The Kier molecular flexibility index (Phi) is 6.70. The zero-order valence-electron chi connectivity index (χ0n) is 15.2. The van der Waals surface area contributed by atoms with Crippen molar-refractivity contribution in [2.75, 3.05) is 5.32 Å². The maximum atomic E-state index is 12.1. The van der Waals surface area contributed by atoms with E-state index in [9.17, 15) is 9.59 Å². The average molecular weight is 359 g/mol. The Morgan fingerprint density at radius 3 is 2.68 bits per heavy atom. The number of anilines is 1. The first-order valence-corrected chi connectivity index (χ1v) is 9.36. The van der Waals surface area contributed by atoms with Crippen LogP contribution in [-0.4, -0.2) is 16.8 Å². The van der Waals surface area contributed by atoms with E-state index in [1.165, 1.54) is 11.3 Å². The van der Waals surface area contributed by atoms with Gasteiger partial charge < -0.3 is 10.6 Å². The minimum absolute atomic E-state index is 0.0796. The van der Waals surface area contributed by atoms with Gasteiger partial charge >= 0.3 is 6.03 Å². The van der Waals surface area contributed by atoms with Crippen LogP contribution in [0.25, 0.3) is 0 Å². The fraction of sp³-hybridized carbons (Fsp3) is 0.421. The molecule has 2 rings (SSSR count). The highest BCUT2D eigenvalue weighted by Crippen LogP contribution is 2.27. The number of pyridine rings is 1. The summed E-state index contributed by atoms with van der Waals surface area (Å²) in [6.45, 7) is 8.22. The highest BCUT2D eigenvalue weighted by molar-refractivity contribution is 7.10. The summed E-state index contributed by atoms with van der Waals surface area (Å²) in [5, 5.41) is 7.53. The number of amides is 2. The first-order chi connectivity index (χ1) is 11.9. The number of rotatable bonds is 7. The van der Waals surface area contributed by atoms with Crippen LogP contribution in [0.15, 0.2) is 23.7 Å². The summed E-state index contributed by atoms with van der Waals surface area (Å²) in [7, 11) is 0. The van der Waals surface area contributed by atoms with Gasteiger partial charge in [0.25, 0.3) is 0 Å². The van der Waals surface area contributed by atoms with Gasteiger partial charge in [0.05, 0.1) is 18.4 Å². The van der Waals surface area contributed by atoms with Crippen molar-refractivity contribution in [2.45, 2.75) is 47.1 Å². The van der Waals surface area contributed by atoms with Gasteiger partial charge in [0.2, 0.25) is 0 Å². The lowest BCUT2D eigenvalue weighted by Gasteiger charge is -2.12. The van der Waals surface area contributed by atoms with Gasteiger partial charge in [-0.3, -0.25) is 9.78 Å². The topological polar surface area (TPSA) is 71.1 Å². The van der Waals surface area contributed by atoms with Crippen molar-refractivity contribution in [3.05, 3.63) is 45.4 Å². The molecule has 2 N–H and O–H groups in total. The van der Waals surface area contributed by atoms with Crippen molar-refractivity contribution < 1.29 is 9.59 Å². The third-order valence-corrected chi connectivity index (χ3v) is 5.22. The summed E-state index contributed by atoms with van der Waals surface area (Å²) in [4.78, 5) is 29.1. The van der Waals surface area contributed by atoms with Crippen LogP contribution in [0.3, 0.4) is 0 Å². The van der Waals surface area contributed by atoms with Gasteiger partial charge in [-0.15, -0.1) is 11.3 Å². The van der Waals surface area contributed by atoms with E-state index in [-0.39, 0.29) is 11.8 Å². The Bertz CT molecular complexity index is 738. The standard InChI is InChI=1S/C19H25N3O2S/c1-5-12(2)8-16-17(14(4)23)11-25-18(16)10-21-19(24)22-15-7-6-13(3)20-9-15/h6-7,9,11-12H,5,8,10H2,1-4H3,(H2,21,22,24). The Balaban J connectivity index is 2.02. The predicted octanol–water partition coefficient (Wildman–Crippen LogP) is 4.56. The number of Topliss-reactive ketones (excluding diaryl/α,β-unsaturated/α-hetero) is 1. The van der Waals surface area contributed by atoms with Crippen molar-refractivity contribution in [1.29, 1.82) is 0 Å². The molecule has 0 radical (unpaired) electrons. The molecule has 0 saturated carbocycles. The van der Waals surface area contributed by atoms with E-state index in [2.05, 4.69) is 29.5 Å². The summed E-state index contributed by atoms with van der Waals surface area (Å²) in [5.41, 5.74) is 3.41. The monoisotopic (exact) mass is 359 g/mol. The fourth-order valence-electron chi connectivity index (χ4n) is 2.46. The van der Waals surface area contributed by atoms with E-state index in [4.69, 9.17) is 0 Å². The van der Waals surface area contributed by atoms with Crippen LogP contribution in [0.1, 0.15) is 53.7 Å². The molecule has 0 saturated heterocycles. The van der Waals surface area contributed by atoms with Crippen molar-refractivity contribution >= 4 is 28.8 Å². The number of urea groups is 1. The number of carbonyl (C=O) groups excluding carboxylic acids is 2. The van der Waals surface area contributed by atoms with Gasteiger partial charge in [-0.05, 0) is 43.9 Å². The lowest BCUT2D eigenvalue weighted by molar-refractivity contribution is 0.101. The lowest BCUT2D eigenvalue weighted by atomic mass is 9.95. The molecule has 1 unspecified atom stereocenters. The number of hydrogen-bond donors (Lipinski definition) is 2. The van der Waals surface area contributed by atoms with Crippen molar-refractivity contribution in [3.63, 3.8) is 0 Å². The number of nitrogens with zero attached hydrogens (tertiary/aromatic N) is 1. The summed E-state index contributed by atoms with van der Waals surface area (Å²) in [6.07, 6.45) is 3.54. The second-order valence-electron chi connectivity index (χ2n) is 6.32. The van der Waals surface area contributed by atoms with E-state index < -0.39 is 0 Å². The van der Waals surface area contributed by atoms with Crippen LogP contribution in [0, 0.1) is 12.8 Å². The molecule has 0 aliphatic carbocycles. The van der Waals surface area contributed by atoms with E-state index in [0.717, 1.165) is 34.5 Å². The number of carbonyl (C=O) groups is 2. The molecule has 2 aromatic heterocycles. The molecular weight excluding hydrogens is 334 g/mol. The highest BCUT2D eigenvalue weighted by atomic mass is 32.1. The largest absolute Gasteiger partial charge is 0.333 e. The van der Waals surface area contributed by atoms with Gasteiger partial charge in [-0.25, -0.2) is 4.79 Å². The molecule has 134 valence electrons. The molecule has 0 aliphatic heterocycles. The summed E-state index contributed by atoms with van der Waals surface area (Å²) >= 11 is 1.53. The van der Waals surface area contributed by atoms with Crippen LogP contribution in [0.4, 0.5) is 10.5 Å². The van der Waals surface area contributed by atoms with Crippen LogP contribution in [0.5, 0.6) is 0 Å². The molecule has 25 heavy (non-hydrogen) atoms. The summed E-state index contributed by atoms with van der Waals surface area (Å²) in [5.74, 6) is 0.579. The van der Waals surface area contributed by atoms with Crippen LogP contribution < -0.4 is 10.6 Å². The number of hydrogen-bond acceptors (Lipinski definition) is 4.